The lowest BCUT2D eigenvalue weighted by atomic mass is 10.0. The second kappa shape index (κ2) is 6.89. The van der Waals surface area contributed by atoms with E-state index in [9.17, 15) is 4.79 Å². The van der Waals surface area contributed by atoms with Crippen LogP contribution in [0.3, 0.4) is 0 Å². The Kier molecular flexibility index (Phi) is 5.81. The van der Waals surface area contributed by atoms with Crippen LogP contribution in [0.2, 0.25) is 0 Å². The van der Waals surface area contributed by atoms with Crippen molar-refractivity contribution in [3.05, 3.63) is 0 Å². The number of carbonyl (C=O) groups excluding carboxylic acids is 1. The van der Waals surface area contributed by atoms with Gasteiger partial charge in [0.05, 0.1) is 0 Å². The summed E-state index contributed by atoms with van der Waals surface area (Å²) in [5.74, 6) is 0.461. The maximum Gasteiger partial charge on any atom is 0.323 e. The molecule has 0 spiro atoms. The molecule has 3 heteroatoms. The number of ether oxygens (including phenoxy) is 1. The van der Waals surface area contributed by atoms with E-state index < -0.39 is 0 Å². The summed E-state index contributed by atoms with van der Waals surface area (Å²) in [5.41, 5.74) is 0. The van der Waals surface area contributed by atoms with Crippen LogP contribution in [-0.4, -0.2) is 24.7 Å². The fourth-order valence-corrected chi connectivity index (χ4v) is 2.23. The van der Waals surface area contributed by atoms with Gasteiger partial charge in [0.25, 0.3) is 0 Å². The van der Waals surface area contributed by atoms with Gasteiger partial charge in [0.15, 0.2) is 0 Å². The van der Waals surface area contributed by atoms with E-state index in [2.05, 4.69) is 19.2 Å². The van der Waals surface area contributed by atoms with Crippen molar-refractivity contribution in [3.63, 3.8) is 0 Å². The van der Waals surface area contributed by atoms with Crippen LogP contribution in [0, 0.1) is 5.92 Å². The lowest BCUT2D eigenvalue weighted by Crippen LogP contribution is -2.40. The maximum absolute atomic E-state index is 11.9. The Labute approximate surface area is 98.9 Å². The molecule has 0 amide bonds. The number of esters is 1. The summed E-state index contributed by atoms with van der Waals surface area (Å²) in [6.07, 6.45) is 5.54. The largest absolute Gasteiger partial charge is 0.461 e. The molecule has 0 heterocycles. The molecule has 16 heavy (non-hydrogen) atoms. The van der Waals surface area contributed by atoms with E-state index in [1.54, 1.807) is 0 Å². The van der Waals surface area contributed by atoms with Gasteiger partial charge < -0.3 is 10.1 Å². The van der Waals surface area contributed by atoms with Crippen LogP contribution >= 0.6 is 0 Å². The molecule has 0 aromatic heterocycles. The minimum atomic E-state index is -0.120. The summed E-state index contributed by atoms with van der Waals surface area (Å²) < 4.78 is 5.53. The molecule has 1 rings (SSSR count). The third kappa shape index (κ3) is 4.52. The summed E-state index contributed by atoms with van der Waals surface area (Å²) >= 11 is 0. The first-order valence-electron chi connectivity index (χ1n) is 6.57. The van der Waals surface area contributed by atoms with E-state index in [1.807, 2.05) is 6.92 Å². The Morgan fingerprint density at radius 1 is 1.38 bits per heavy atom. The van der Waals surface area contributed by atoms with Crippen LogP contribution < -0.4 is 5.32 Å². The predicted molar refractivity (Wildman–Crippen MR) is 65.3 cm³/mol. The van der Waals surface area contributed by atoms with Crippen molar-refractivity contribution in [2.75, 3.05) is 6.54 Å². The average Bonchev–Trinajstić information content (AvgIpc) is 2.69. The highest BCUT2D eigenvalue weighted by molar-refractivity contribution is 5.76. The highest BCUT2D eigenvalue weighted by atomic mass is 16.5. The monoisotopic (exact) mass is 227 g/mol. The zero-order valence-corrected chi connectivity index (χ0v) is 10.8. The predicted octanol–water partition coefficient (Wildman–Crippen LogP) is 2.50. The van der Waals surface area contributed by atoms with Gasteiger partial charge >= 0.3 is 5.97 Å². The van der Waals surface area contributed by atoms with Gasteiger partial charge in [0.1, 0.15) is 12.1 Å². The van der Waals surface area contributed by atoms with E-state index in [4.69, 9.17) is 4.74 Å². The van der Waals surface area contributed by atoms with E-state index in [0.29, 0.717) is 5.92 Å². The molecule has 0 saturated heterocycles. The molecule has 1 aliphatic carbocycles. The van der Waals surface area contributed by atoms with Gasteiger partial charge in [-0.25, -0.2) is 0 Å². The average molecular weight is 227 g/mol. The van der Waals surface area contributed by atoms with E-state index in [0.717, 1.165) is 25.8 Å². The summed E-state index contributed by atoms with van der Waals surface area (Å²) in [4.78, 5) is 11.9. The van der Waals surface area contributed by atoms with Crippen LogP contribution in [-0.2, 0) is 9.53 Å². The normalized spacial score (nSPS) is 19.0. The maximum atomic E-state index is 11.9. The summed E-state index contributed by atoms with van der Waals surface area (Å²) in [6, 6.07) is -0.120. The molecule has 1 aliphatic rings. The summed E-state index contributed by atoms with van der Waals surface area (Å²) in [5, 5.41) is 3.21. The third-order valence-corrected chi connectivity index (χ3v) is 3.03. The highest BCUT2D eigenvalue weighted by Gasteiger charge is 2.25. The Morgan fingerprint density at radius 3 is 2.50 bits per heavy atom. The van der Waals surface area contributed by atoms with Crippen molar-refractivity contribution in [1.29, 1.82) is 0 Å². The molecule has 0 unspecified atom stereocenters. The van der Waals surface area contributed by atoms with Crippen LogP contribution in [0.5, 0.6) is 0 Å². The fourth-order valence-electron chi connectivity index (χ4n) is 2.23. The van der Waals surface area contributed by atoms with Crippen molar-refractivity contribution in [3.8, 4) is 0 Å². The molecule has 0 aliphatic heterocycles. The van der Waals surface area contributed by atoms with Gasteiger partial charge in [-0.1, -0.05) is 20.8 Å². The van der Waals surface area contributed by atoms with E-state index >= 15 is 0 Å². The van der Waals surface area contributed by atoms with Gasteiger partial charge in [0.2, 0.25) is 0 Å². The topological polar surface area (TPSA) is 38.3 Å². The second-order valence-corrected chi connectivity index (χ2v) is 5.08. The van der Waals surface area contributed by atoms with Gasteiger partial charge in [-0.2, -0.15) is 0 Å². The first-order chi connectivity index (χ1) is 7.63. The molecule has 1 atom stereocenters. The quantitative estimate of drug-likeness (QED) is 0.708. The Hall–Kier alpha value is -0.570. The van der Waals surface area contributed by atoms with Crippen LogP contribution in [0.1, 0.15) is 52.9 Å². The first-order valence-corrected chi connectivity index (χ1v) is 6.57. The van der Waals surface area contributed by atoms with Gasteiger partial charge in [-0.3, -0.25) is 4.79 Å². The molecule has 94 valence electrons. The molecular weight excluding hydrogens is 202 g/mol. The van der Waals surface area contributed by atoms with Gasteiger partial charge in [0, 0.05) is 0 Å². The first kappa shape index (κ1) is 13.5. The second-order valence-electron chi connectivity index (χ2n) is 5.08. The molecule has 1 fully saturated rings. The summed E-state index contributed by atoms with van der Waals surface area (Å²) in [6.45, 7) is 7.10. The minimum absolute atomic E-state index is 0.0533. The number of hydrogen-bond acceptors (Lipinski definition) is 3. The molecule has 1 saturated carbocycles. The lowest BCUT2D eigenvalue weighted by Gasteiger charge is -2.21. The van der Waals surface area contributed by atoms with Crippen LogP contribution in [0.4, 0.5) is 0 Å². The standard InChI is InChI=1S/C13H25NO2/c1-4-14-12(9-10(2)3)13(15)16-11-7-5-6-8-11/h10-12,14H,4-9H2,1-3H3/t12-/m0/s1. The van der Waals surface area contributed by atoms with E-state index in [-0.39, 0.29) is 18.1 Å². The Morgan fingerprint density at radius 2 is 2.00 bits per heavy atom. The number of carbonyl (C=O) groups is 1. The number of rotatable bonds is 6. The minimum Gasteiger partial charge on any atom is -0.461 e. The zero-order valence-electron chi connectivity index (χ0n) is 10.8. The SMILES string of the molecule is CCN[C@@H](CC(C)C)C(=O)OC1CCCC1. The van der Waals surface area contributed by atoms with Crippen LogP contribution in [0.15, 0.2) is 0 Å². The number of nitrogens with one attached hydrogen (secondary N) is 1. The van der Waals surface area contributed by atoms with Gasteiger partial charge in [-0.05, 0) is 44.6 Å². The molecule has 1 N–H and O–H groups in total. The molecule has 0 aromatic carbocycles. The van der Waals surface area contributed by atoms with Crippen molar-refractivity contribution >= 4 is 5.97 Å². The lowest BCUT2D eigenvalue weighted by molar-refractivity contribution is -0.151. The molecular formula is C13H25NO2. The summed E-state index contributed by atoms with van der Waals surface area (Å²) in [7, 11) is 0. The number of hydrogen-bond donors (Lipinski definition) is 1. The van der Waals surface area contributed by atoms with Crippen molar-refractivity contribution in [2.45, 2.75) is 65.0 Å². The Balaban J connectivity index is 2.39. The molecule has 0 aromatic rings. The third-order valence-electron chi connectivity index (χ3n) is 3.03. The smallest absolute Gasteiger partial charge is 0.323 e. The fraction of sp³-hybridized carbons (Fsp3) is 0.923. The molecule has 0 radical (unpaired) electrons. The van der Waals surface area contributed by atoms with Crippen molar-refractivity contribution in [1.82, 2.24) is 5.32 Å². The number of likely N-dealkylation sites (N-methyl/N-ethyl adjacent to an activating group) is 1. The Bertz CT molecular complexity index is 210. The van der Waals surface area contributed by atoms with E-state index in [1.165, 1.54) is 12.8 Å². The van der Waals surface area contributed by atoms with Crippen molar-refractivity contribution < 1.29 is 9.53 Å². The van der Waals surface area contributed by atoms with Crippen LogP contribution in [0.25, 0.3) is 0 Å². The van der Waals surface area contributed by atoms with Crippen molar-refractivity contribution in [2.24, 2.45) is 5.92 Å². The molecule has 0 bridgehead atoms. The molecule has 3 nitrogen and oxygen atoms in total. The van der Waals surface area contributed by atoms with Gasteiger partial charge in [-0.15, -0.1) is 0 Å². The highest BCUT2D eigenvalue weighted by Crippen LogP contribution is 2.21. The zero-order chi connectivity index (χ0) is 12.0.